The smallest absolute Gasteiger partial charge is 0.872 e. The standard InChI is InChI=1S/C43H58O.K/c1-38(2,3)25-19-30(37(44)35(20-25)39(4,5)6)36-28-23-33-31(40(7,8)15-17-42(33,11)12)21-26(28)27-22-32-34(24-29(27)36)43(13,14)18-16-41(32,9)10;/h19-24,36,44H,15-18H2,1-14H3;/q;+1/p-1. The summed E-state index contributed by atoms with van der Waals surface area (Å²) >= 11 is 0. The van der Waals surface area contributed by atoms with E-state index in [4.69, 9.17) is 0 Å². The Labute approximate surface area is 317 Å². The van der Waals surface area contributed by atoms with Crippen LogP contribution in [0, 0.1) is 0 Å². The molecule has 0 bridgehead atoms. The van der Waals surface area contributed by atoms with E-state index in [1.165, 1.54) is 75.8 Å². The Morgan fingerprint density at radius 2 is 0.867 bits per heavy atom. The number of rotatable bonds is 1. The van der Waals surface area contributed by atoms with Crippen LogP contribution in [0.15, 0.2) is 36.4 Å². The molecule has 3 aromatic rings. The predicted molar refractivity (Wildman–Crippen MR) is 187 cm³/mol. The Kier molecular flexibility index (Phi) is 8.50. The Morgan fingerprint density at radius 3 is 1.20 bits per heavy atom. The van der Waals surface area contributed by atoms with Gasteiger partial charge in [0.25, 0.3) is 0 Å². The van der Waals surface area contributed by atoms with Gasteiger partial charge in [0.15, 0.2) is 0 Å². The fourth-order valence-corrected chi connectivity index (χ4v) is 8.56. The minimum Gasteiger partial charge on any atom is -0.872 e. The van der Waals surface area contributed by atoms with Crippen molar-refractivity contribution >= 4 is 0 Å². The van der Waals surface area contributed by atoms with E-state index in [0.717, 1.165) is 11.1 Å². The van der Waals surface area contributed by atoms with Crippen molar-refractivity contribution in [3.8, 4) is 16.9 Å². The molecule has 3 aromatic carbocycles. The van der Waals surface area contributed by atoms with E-state index in [1.807, 2.05) is 0 Å². The van der Waals surface area contributed by atoms with Crippen molar-refractivity contribution in [3.63, 3.8) is 0 Å². The van der Waals surface area contributed by atoms with Gasteiger partial charge in [-0.1, -0.05) is 121 Å². The van der Waals surface area contributed by atoms with E-state index >= 15 is 0 Å². The molecule has 6 rings (SSSR count). The summed E-state index contributed by atoms with van der Waals surface area (Å²) in [5.41, 5.74) is 14.7. The van der Waals surface area contributed by atoms with Gasteiger partial charge < -0.3 is 5.11 Å². The molecule has 0 N–H and O–H groups in total. The first-order chi connectivity index (χ1) is 20.0. The zero-order chi connectivity index (χ0) is 32.6. The molecule has 2 heteroatoms. The van der Waals surface area contributed by atoms with Gasteiger partial charge in [-0.2, -0.15) is 0 Å². The number of fused-ring (bicyclic) bond motifs is 5. The Hall–Kier alpha value is -0.904. The average molecular weight is 629 g/mol. The van der Waals surface area contributed by atoms with Gasteiger partial charge in [0, 0.05) is 5.92 Å². The molecule has 0 aromatic heterocycles. The largest absolute Gasteiger partial charge is 1.00 e. The molecular weight excluding hydrogens is 572 g/mol. The van der Waals surface area contributed by atoms with Crippen molar-refractivity contribution < 1.29 is 56.5 Å². The maximum atomic E-state index is 14.7. The van der Waals surface area contributed by atoms with Gasteiger partial charge in [-0.05, 0) is 132 Å². The summed E-state index contributed by atoms with van der Waals surface area (Å²) in [4.78, 5) is 0. The molecule has 0 heterocycles. The van der Waals surface area contributed by atoms with Crippen LogP contribution in [0.4, 0.5) is 0 Å². The van der Waals surface area contributed by atoms with E-state index in [9.17, 15) is 5.11 Å². The molecule has 0 amide bonds. The van der Waals surface area contributed by atoms with E-state index < -0.39 is 0 Å². The second kappa shape index (κ2) is 10.8. The second-order valence-electron chi connectivity index (χ2n) is 19.4. The van der Waals surface area contributed by atoms with Gasteiger partial charge in [-0.15, -0.1) is 5.75 Å². The summed E-state index contributed by atoms with van der Waals surface area (Å²) in [6.07, 6.45) is 4.75. The van der Waals surface area contributed by atoms with Crippen LogP contribution in [0.5, 0.6) is 5.75 Å². The molecule has 0 unspecified atom stereocenters. The first-order valence-electron chi connectivity index (χ1n) is 17.2. The quantitative estimate of drug-likeness (QED) is 0.195. The summed E-state index contributed by atoms with van der Waals surface area (Å²) in [6, 6.07) is 14.7. The zero-order valence-electron chi connectivity index (χ0n) is 31.3. The summed E-state index contributed by atoms with van der Waals surface area (Å²) in [6.45, 7) is 32.8. The minimum atomic E-state index is -0.235. The third-order valence-electron chi connectivity index (χ3n) is 12.1. The molecule has 0 spiro atoms. The maximum absolute atomic E-state index is 14.7. The molecule has 0 saturated carbocycles. The van der Waals surface area contributed by atoms with Crippen molar-refractivity contribution in [3.05, 3.63) is 86.5 Å². The van der Waals surface area contributed by atoms with Gasteiger partial charge in [0.1, 0.15) is 0 Å². The van der Waals surface area contributed by atoms with Gasteiger partial charge in [0.05, 0.1) is 0 Å². The predicted octanol–water partition coefficient (Wildman–Crippen LogP) is 8.22. The van der Waals surface area contributed by atoms with Gasteiger partial charge in [-0.3, -0.25) is 0 Å². The van der Waals surface area contributed by atoms with E-state index in [2.05, 4.69) is 133 Å². The normalized spacial score (nSPS) is 20.8. The van der Waals surface area contributed by atoms with Crippen molar-refractivity contribution in [2.75, 3.05) is 0 Å². The van der Waals surface area contributed by atoms with E-state index in [0.29, 0.717) is 0 Å². The van der Waals surface area contributed by atoms with Crippen molar-refractivity contribution in [1.29, 1.82) is 0 Å². The van der Waals surface area contributed by atoms with Crippen LogP contribution in [-0.2, 0) is 32.5 Å². The topological polar surface area (TPSA) is 23.1 Å². The third-order valence-corrected chi connectivity index (χ3v) is 12.1. The van der Waals surface area contributed by atoms with E-state index in [-0.39, 0.29) is 95.5 Å². The van der Waals surface area contributed by atoms with Crippen LogP contribution in [0.3, 0.4) is 0 Å². The van der Waals surface area contributed by atoms with Gasteiger partial charge in [0.2, 0.25) is 0 Å². The first kappa shape index (κ1) is 35.4. The molecule has 0 fully saturated rings. The Balaban J connectivity index is 0.00000400. The zero-order valence-corrected chi connectivity index (χ0v) is 34.4. The molecule has 0 atom stereocenters. The Bertz CT molecular complexity index is 1600. The van der Waals surface area contributed by atoms with Gasteiger partial charge >= 0.3 is 51.4 Å². The number of hydrogen-bond donors (Lipinski definition) is 0. The molecule has 0 radical (unpaired) electrons. The molecule has 0 aliphatic heterocycles. The summed E-state index contributed by atoms with van der Waals surface area (Å²) in [5.74, 6) is 0.164. The van der Waals surface area contributed by atoms with Gasteiger partial charge in [-0.25, -0.2) is 0 Å². The fraction of sp³-hybridized carbons (Fsp3) is 0.581. The van der Waals surface area contributed by atoms with Crippen LogP contribution in [0.25, 0.3) is 11.1 Å². The summed E-state index contributed by atoms with van der Waals surface area (Å²) in [5, 5.41) is 14.7. The number of hydrogen-bond acceptors (Lipinski definition) is 1. The van der Waals surface area contributed by atoms with Crippen LogP contribution in [-0.4, -0.2) is 0 Å². The maximum Gasteiger partial charge on any atom is 1.00 e. The van der Waals surface area contributed by atoms with Crippen molar-refractivity contribution in [2.24, 2.45) is 0 Å². The van der Waals surface area contributed by atoms with Crippen molar-refractivity contribution in [2.45, 2.75) is 161 Å². The van der Waals surface area contributed by atoms with Crippen LogP contribution in [0.1, 0.15) is 179 Å². The Morgan fingerprint density at radius 1 is 0.511 bits per heavy atom. The fourth-order valence-electron chi connectivity index (χ4n) is 8.56. The van der Waals surface area contributed by atoms with Crippen LogP contribution in [0.2, 0.25) is 0 Å². The van der Waals surface area contributed by atoms with Crippen molar-refractivity contribution in [1.82, 2.24) is 0 Å². The first-order valence-corrected chi connectivity index (χ1v) is 17.2. The van der Waals surface area contributed by atoms with Crippen LogP contribution < -0.4 is 56.5 Å². The molecule has 236 valence electrons. The van der Waals surface area contributed by atoms with E-state index in [1.54, 1.807) is 0 Å². The molecule has 3 aliphatic rings. The number of benzene rings is 3. The average Bonchev–Trinajstić information content (AvgIpc) is 3.20. The minimum absolute atomic E-state index is 0. The summed E-state index contributed by atoms with van der Waals surface area (Å²) < 4.78 is 0. The molecule has 45 heavy (non-hydrogen) atoms. The molecule has 1 nitrogen and oxygen atoms in total. The third kappa shape index (κ3) is 5.69. The van der Waals surface area contributed by atoms with Crippen LogP contribution >= 0.6 is 0 Å². The molecule has 3 aliphatic carbocycles. The SMILES string of the molecule is CC(C)(C)c1cc(C2c3cc4c(cc3-c3cc5c(cc32)C(C)(C)CCC5(C)C)C(C)(C)CCC4(C)C)c([O-])c(C(C)(C)C)c1.[K+]. The second-order valence-corrected chi connectivity index (χ2v) is 19.4. The molecule has 0 saturated heterocycles. The summed E-state index contributed by atoms with van der Waals surface area (Å²) in [7, 11) is 0. The molecular formula is C43H57KO. The monoisotopic (exact) mass is 628 g/mol.